The van der Waals surface area contributed by atoms with Crippen molar-refractivity contribution in [3.63, 3.8) is 0 Å². The minimum Gasteiger partial charge on any atom is -0.480 e. The summed E-state index contributed by atoms with van der Waals surface area (Å²) in [6, 6.07) is 1.92. The van der Waals surface area contributed by atoms with Crippen LogP contribution in [0.3, 0.4) is 0 Å². The molecule has 0 saturated heterocycles. The van der Waals surface area contributed by atoms with Crippen LogP contribution in [0.2, 0.25) is 0 Å². The molecule has 0 aliphatic rings. The predicted octanol–water partition coefficient (Wildman–Crippen LogP) is 1.85. The number of hydrogen-bond acceptors (Lipinski definition) is 3. The normalized spacial score (nSPS) is 11.5. The number of carbonyl (C=O) groups is 2. The first-order valence-electron chi connectivity index (χ1n) is 5.79. The molecule has 1 atom stereocenters. The predicted molar refractivity (Wildman–Crippen MR) is 72.1 cm³/mol. The number of carboxylic acid groups (broad SMARTS) is 1. The van der Waals surface area contributed by atoms with E-state index in [0.717, 1.165) is 5.69 Å². The minimum atomic E-state index is -1.10. The number of amides is 2. The van der Waals surface area contributed by atoms with Crippen molar-refractivity contribution in [1.29, 1.82) is 0 Å². The Morgan fingerprint density at radius 2 is 2.16 bits per heavy atom. The number of carboxylic acids is 1. The summed E-state index contributed by atoms with van der Waals surface area (Å²) < 4.78 is 0. The van der Waals surface area contributed by atoms with Crippen molar-refractivity contribution in [3.8, 4) is 0 Å². The van der Waals surface area contributed by atoms with Crippen molar-refractivity contribution in [2.45, 2.75) is 26.3 Å². The molecule has 0 bridgehead atoms. The highest BCUT2D eigenvalue weighted by Gasteiger charge is 2.18. The number of pyridine rings is 1. The van der Waals surface area contributed by atoms with E-state index in [1.807, 2.05) is 6.92 Å². The van der Waals surface area contributed by atoms with Gasteiger partial charge in [-0.1, -0.05) is 6.08 Å². The maximum Gasteiger partial charge on any atom is 0.326 e. The van der Waals surface area contributed by atoms with E-state index in [0.29, 0.717) is 11.4 Å². The molecule has 6 nitrogen and oxygen atoms in total. The van der Waals surface area contributed by atoms with Gasteiger partial charge in [-0.05, 0) is 32.4 Å². The fraction of sp³-hybridized carbons (Fsp3) is 0.308. The summed E-state index contributed by atoms with van der Waals surface area (Å²) in [5.74, 6) is -1.10. The largest absolute Gasteiger partial charge is 0.480 e. The standard InChI is InChI=1S/C13H17N3O3/c1-4-5-11(12(17)18)16-13(19)15-10-7-6-8(2)14-9(10)3/h4,6-7,11H,1,5H2,2-3H3,(H,17,18)(H2,15,16,19). The first-order valence-corrected chi connectivity index (χ1v) is 5.79. The van der Waals surface area contributed by atoms with Crippen molar-refractivity contribution in [2.24, 2.45) is 0 Å². The molecule has 1 rings (SSSR count). The molecule has 6 heteroatoms. The highest BCUT2D eigenvalue weighted by atomic mass is 16.4. The van der Waals surface area contributed by atoms with E-state index in [4.69, 9.17) is 5.11 Å². The first kappa shape index (κ1) is 14.7. The number of anilines is 1. The van der Waals surface area contributed by atoms with Crippen LogP contribution < -0.4 is 10.6 Å². The third-order valence-electron chi connectivity index (χ3n) is 2.48. The van der Waals surface area contributed by atoms with Gasteiger partial charge in [0.1, 0.15) is 6.04 Å². The van der Waals surface area contributed by atoms with Gasteiger partial charge in [0, 0.05) is 5.69 Å². The molecule has 0 radical (unpaired) electrons. The monoisotopic (exact) mass is 263 g/mol. The van der Waals surface area contributed by atoms with Gasteiger partial charge in [0.2, 0.25) is 0 Å². The molecule has 102 valence electrons. The maximum atomic E-state index is 11.7. The molecule has 0 aliphatic heterocycles. The number of hydrogen-bond donors (Lipinski definition) is 3. The number of nitrogens with one attached hydrogen (secondary N) is 2. The Balaban J connectivity index is 2.68. The van der Waals surface area contributed by atoms with Gasteiger partial charge in [0.05, 0.1) is 11.4 Å². The van der Waals surface area contributed by atoms with E-state index in [1.165, 1.54) is 6.08 Å². The van der Waals surface area contributed by atoms with Crippen LogP contribution in [0.15, 0.2) is 24.8 Å². The van der Waals surface area contributed by atoms with Crippen molar-refractivity contribution in [2.75, 3.05) is 5.32 Å². The lowest BCUT2D eigenvalue weighted by Crippen LogP contribution is -2.42. The highest BCUT2D eigenvalue weighted by Crippen LogP contribution is 2.12. The molecule has 0 aliphatic carbocycles. The number of nitrogens with zero attached hydrogens (tertiary/aromatic N) is 1. The molecule has 1 heterocycles. The Bertz CT molecular complexity index is 500. The van der Waals surface area contributed by atoms with Crippen LogP contribution in [0.5, 0.6) is 0 Å². The van der Waals surface area contributed by atoms with Crippen LogP contribution in [-0.2, 0) is 4.79 Å². The zero-order valence-electron chi connectivity index (χ0n) is 10.9. The summed E-state index contributed by atoms with van der Waals surface area (Å²) >= 11 is 0. The second kappa shape index (κ2) is 6.53. The Morgan fingerprint density at radius 1 is 1.47 bits per heavy atom. The average molecular weight is 263 g/mol. The Hall–Kier alpha value is -2.37. The number of carbonyl (C=O) groups excluding carboxylic acids is 1. The van der Waals surface area contributed by atoms with Crippen molar-refractivity contribution in [3.05, 3.63) is 36.2 Å². The summed E-state index contributed by atoms with van der Waals surface area (Å²) in [5, 5.41) is 13.8. The number of rotatable bonds is 5. The SMILES string of the molecule is C=CCC(NC(=O)Nc1ccc(C)nc1C)C(=O)O. The second-order valence-electron chi connectivity index (χ2n) is 4.10. The maximum absolute atomic E-state index is 11.7. The zero-order valence-corrected chi connectivity index (χ0v) is 10.9. The molecule has 0 saturated carbocycles. The number of aliphatic carboxylic acids is 1. The van der Waals surface area contributed by atoms with Crippen LogP contribution >= 0.6 is 0 Å². The Labute approximate surface area is 111 Å². The molecule has 0 aromatic carbocycles. The number of urea groups is 1. The summed E-state index contributed by atoms with van der Waals surface area (Å²) in [6.07, 6.45) is 1.60. The van der Waals surface area contributed by atoms with Crippen molar-refractivity contribution >= 4 is 17.7 Å². The average Bonchev–Trinajstić information content (AvgIpc) is 2.32. The van der Waals surface area contributed by atoms with E-state index in [2.05, 4.69) is 22.2 Å². The summed E-state index contributed by atoms with van der Waals surface area (Å²) in [5.41, 5.74) is 2.06. The lowest BCUT2D eigenvalue weighted by Gasteiger charge is -2.14. The third-order valence-corrected chi connectivity index (χ3v) is 2.48. The second-order valence-corrected chi connectivity index (χ2v) is 4.10. The van der Waals surface area contributed by atoms with E-state index in [1.54, 1.807) is 19.1 Å². The topological polar surface area (TPSA) is 91.3 Å². The van der Waals surface area contributed by atoms with Gasteiger partial charge >= 0.3 is 12.0 Å². The molecule has 1 unspecified atom stereocenters. The summed E-state index contributed by atoms with van der Waals surface area (Å²) in [7, 11) is 0. The molecule has 0 fully saturated rings. The van der Waals surface area contributed by atoms with Crippen LogP contribution in [0.4, 0.5) is 10.5 Å². The molecular formula is C13H17N3O3. The van der Waals surface area contributed by atoms with Gasteiger partial charge in [-0.25, -0.2) is 9.59 Å². The Morgan fingerprint density at radius 3 is 2.68 bits per heavy atom. The van der Waals surface area contributed by atoms with Crippen LogP contribution in [0.1, 0.15) is 17.8 Å². The van der Waals surface area contributed by atoms with E-state index >= 15 is 0 Å². The number of aryl methyl sites for hydroxylation is 2. The molecule has 19 heavy (non-hydrogen) atoms. The summed E-state index contributed by atoms with van der Waals surface area (Å²) in [6.45, 7) is 7.07. The molecule has 1 aromatic rings. The minimum absolute atomic E-state index is 0.161. The van der Waals surface area contributed by atoms with Gasteiger partial charge in [0.25, 0.3) is 0 Å². The van der Waals surface area contributed by atoms with Gasteiger partial charge in [-0.15, -0.1) is 6.58 Å². The molecule has 3 N–H and O–H groups in total. The quantitative estimate of drug-likeness (QED) is 0.707. The lowest BCUT2D eigenvalue weighted by atomic mass is 10.2. The fourth-order valence-corrected chi connectivity index (χ4v) is 1.52. The molecule has 1 aromatic heterocycles. The highest BCUT2D eigenvalue weighted by molar-refractivity contribution is 5.92. The lowest BCUT2D eigenvalue weighted by molar-refractivity contribution is -0.139. The van der Waals surface area contributed by atoms with Crippen LogP contribution in [0, 0.1) is 13.8 Å². The first-order chi connectivity index (χ1) is 8.93. The third kappa shape index (κ3) is 4.42. The van der Waals surface area contributed by atoms with Gasteiger partial charge in [-0.2, -0.15) is 0 Å². The van der Waals surface area contributed by atoms with Crippen molar-refractivity contribution < 1.29 is 14.7 Å². The van der Waals surface area contributed by atoms with Gasteiger partial charge in [-0.3, -0.25) is 4.98 Å². The summed E-state index contributed by atoms with van der Waals surface area (Å²) in [4.78, 5) is 26.8. The van der Waals surface area contributed by atoms with Crippen LogP contribution in [-0.4, -0.2) is 28.1 Å². The van der Waals surface area contributed by atoms with E-state index in [-0.39, 0.29) is 6.42 Å². The smallest absolute Gasteiger partial charge is 0.326 e. The fourth-order valence-electron chi connectivity index (χ4n) is 1.52. The van der Waals surface area contributed by atoms with Crippen LogP contribution in [0.25, 0.3) is 0 Å². The van der Waals surface area contributed by atoms with E-state index < -0.39 is 18.0 Å². The molecule has 0 spiro atoms. The van der Waals surface area contributed by atoms with Gasteiger partial charge < -0.3 is 15.7 Å². The number of aromatic nitrogens is 1. The Kier molecular flexibility index (Phi) is 5.05. The van der Waals surface area contributed by atoms with Gasteiger partial charge in [0.15, 0.2) is 0 Å². The van der Waals surface area contributed by atoms with E-state index in [9.17, 15) is 9.59 Å². The molecule has 2 amide bonds. The van der Waals surface area contributed by atoms with Crippen molar-refractivity contribution in [1.82, 2.24) is 10.3 Å². The zero-order chi connectivity index (χ0) is 14.4. The molecular weight excluding hydrogens is 246 g/mol.